The number of nitrogens with zero attached hydrogens (tertiary/aromatic N) is 3. The molecule has 4 aromatic rings. The summed E-state index contributed by atoms with van der Waals surface area (Å²) in [6, 6.07) is 22.9. The molecule has 0 saturated carbocycles. The summed E-state index contributed by atoms with van der Waals surface area (Å²) in [7, 11) is 0. The lowest BCUT2D eigenvalue weighted by molar-refractivity contribution is 0.797. The van der Waals surface area contributed by atoms with E-state index < -0.39 is 0 Å². The minimum atomic E-state index is 0.362. The van der Waals surface area contributed by atoms with Gasteiger partial charge in [-0.05, 0) is 36.1 Å². The van der Waals surface area contributed by atoms with Crippen molar-refractivity contribution in [3.63, 3.8) is 0 Å². The molecule has 0 spiro atoms. The van der Waals surface area contributed by atoms with Crippen molar-refractivity contribution >= 4 is 5.95 Å². The minimum absolute atomic E-state index is 0.362. The fraction of sp³-hybridized carbons (Fsp3) is 0.160. The second-order valence-electron chi connectivity index (χ2n) is 7.25. The normalized spacial score (nSPS) is 11.8. The van der Waals surface area contributed by atoms with Gasteiger partial charge in [0.1, 0.15) is 0 Å². The van der Waals surface area contributed by atoms with Gasteiger partial charge in [-0.2, -0.15) is 0 Å². The summed E-state index contributed by atoms with van der Waals surface area (Å²) >= 11 is 0. The van der Waals surface area contributed by atoms with Gasteiger partial charge in [-0.3, -0.25) is 4.98 Å². The van der Waals surface area contributed by atoms with Gasteiger partial charge in [0.25, 0.3) is 0 Å². The highest BCUT2D eigenvalue weighted by molar-refractivity contribution is 5.80. The third-order valence-corrected chi connectivity index (χ3v) is 5.01. The zero-order chi connectivity index (χ0) is 20.1. The van der Waals surface area contributed by atoms with Crippen LogP contribution >= 0.6 is 0 Å². The number of hydrogen-bond donors (Lipinski definition) is 1. The smallest absolute Gasteiger partial charge is 0.223 e. The van der Waals surface area contributed by atoms with Crippen LogP contribution in [0.4, 0.5) is 5.95 Å². The largest absolute Gasteiger partial charge is 0.354 e. The second kappa shape index (κ2) is 8.65. The Morgan fingerprint density at radius 3 is 2.45 bits per heavy atom. The first-order chi connectivity index (χ1) is 14.2. The van der Waals surface area contributed by atoms with E-state index >= 15 is 0 Å². The number of rotatable bonds is 6. The Morgan fingerprint density at radius 1 is 0.897 bits per heavy atom. The molecule has 0 fully saturated rings. The van der Waals surface area contributed by atoms with Crippen LogP contribution in [0.15, 0.2) is 85.3 Å². The molecule has 4 heteroatoms. The van der Waals surface area contributed by atoms with Gasteiger partial charge < -0.3 is 5.32 Å². The van der Waals surface area contributed by atoms with E-state index in [1.54, 1.807) is 12.4 Å². The molecule has 0 saturated heterocycles. The predicted octanol–water partition coefficient (Wildman–Crippen LogP) is 5.73. The van der Waals surface area contributed by atoms with Crippen LogP contribution in [-0.4, -0.2) is 21.5 Å². The Balaban J connectivity index is 1.65. The average Bonchev–Trinajstić information content (AvgIpc) is 2.78. The van der Waals surface area contributed by atoms with Crippen LogP contribution in [0.25, 0.3) is 22.4 Å². The van der Waals surface area contributed by atoms with E-state index in [9.17, 15) is 0 Å². The van der Waals surface area contributed by atoms with Gasteiger partial charge in [0.15, 0.2) is 0 Å². The molecule has 0 aliphatic rings. The van der Waals surface area contributed by atoms with Crippen molar-refractivity contribution in [1.82, 2.24) is 15.0 Å². The van der Waals surface area contributed by atoms with Crippen LogP contribution in [0, 0.1) is 6.92 Å². The molecule has 0 bridgehead atoms. The summed E-state index contributed by atoms with van der Waals surface area (Å²) in [5, 5.41) is 3.41. The van der Waals surface area contributed by atoms with Gasteiger partial charge in [-0.1, -0.05) is 67.1 Å². The van der Waals surface area contributed by atoms with Crippen LogP contribution in [0.3, 0.4) is 0 Å². The van der Waals surface area contributed by atoms with Gasteiger partial charge in [0, 0.05) is 36.3 Å². The van der Waals surface area contributed by atoms with E-state index in [1.807, 2.05) is 24.4 Å². The fourth-order valence-electron chi connectivity index (χ4n) is 3.36. The Kier molecular flexibility index (Phi) is 5.61. The van der Waals surface area contributed by atoms with Gasteiger partial charge >= 0.3 is 0 Å². The average molecular weight is 380 g/mol. The summed E-state index contributed by atoms with van der Waals surface area (Å²) in [4.78, 5) is 13.6. The highest BCUT2D eigenvalue weighted by Crippen LogP contribution is 2.31. The van der Waals surface area contributed by atoms with Gasteiger partial charge in [-0.25, -0.2) is 9.97 Å². The van der Waals surface area contributed by atoms with Crippen molar-refractivity contribution in [2.45, 2.75) is 19.8 Å². The molecule has 2 heterocycles. The van der Waals surface area contributed by atoms with Gasteiger partial charge in [0.05, 0.1) is 5.69 Å². The van der Waals surface area contributed by atoms with Gasteiger partial charge in [0.2, 0.25) is 5.95 Å². The molecule has 2 aromatic carbocycles. The molecule has 1 N–H and O–H groups in total. The monoisotopic (exact) mass is 380 g/mol. The topological polar surface area (TPSA) is 50.7 Å². The molecule has 4 nitrogen and oxygen atoms in total. The molecule has 0 radical (unpaired) electrons. The highest BCUT2D eigenvalue weighted by atomic mass is 15.1. The number of hydrogen-bond acceptors (Lipinski definition) is 4. The lowest BCUT2D eigenvalue weighted by atomic mass is 10.00. The zero-order valence-electron chi connectivity index (χ0n) is 16.7. The minimum Gasteiger partial charge on any atom is -0.354 e. The molecule has 29 heavy (non-hydrogen) atoms. The number of nitrogens with one attached hydrogen (secondary N) is 1. The molecule has 0 aliphatic carbocycles. The third-order valence-electron chi connectivity index (χ3n) is 5.01. The van der Waals surface area contributed by atoms with E-state index in [0.29, 0.717) is 11.9 Å². The first-order valence-electron chi connectivity index (χ1n) is 9.84. The fourth-order valence-corrected chi connectivity index (χ4v) is 3.36. The quantitative estimate of drug-likeness (QED) is 0.464. The number of pyridine rings is 1. The van der Waals surface area contributed by atoms with E-state index in [0.717, 1.165) is 28.9 Å². The molecule has 1 unspecified atom stereocenters. The molecular formula is C25H24N4. The molecular weight excluding hydrogens is 356 g/mol. The summed E-state index contributed by atoms with van der Waals surface area (Å²) in [6.45, 7) is 5.06. The molecule has 0 aliphatic heterocycles. The first kappa shape index (κ1) is 18.8. The molecule has 4 rings (SSSR count). The van der Waals surface area contributed by atoms with Crippen LogP contribution in [0.2, 0.25) is 0 Å². The number of aromatic nitrogens is 3. The first-order valence-corrected chi connectivity index (χ1v) is 9.84. The molecule has 2 aromatic heterocycles. The van der Waals surface area contributed by atoms with Crippen LogP contribution in [-0.2, 0) is 0 Å². The third kappa shape index (κ3) is 4.49. The van der Waals surface area contributed by atoms with Crippen LogP contribution in [0.5, 0.6) is 0 Å². The van der Waals surface area contributed by atoms with Crippen molar-refractivity contribution in [3.8, 4) is 22.4 Å². The lowest BCUT2D eigenvalue weighted by Gasteiger charge is -2.15. The maximum Gasteiger partial charge on any atom is 0.223 e. The number of anilines is 1. The second-order valence-corrected chi connectivity index (χ2v) is 7.25. The van der Waals surface area contributed by atoms with E-state index in [-0.39, 0.29) is 0 Å². The van der Waals surface area contributed by atoms with E-state index in [1.165, 1.54) is 11.1 Å². The van der Waals surface area contributed by atoms with Crippen molar-refractivity contribution in [2.24, 2.45) is 0 Å². The molecule has 144 valence electrons. The summed E-state index contributed by atoms with van der Waals surface area (Å²) in [5.74, 6) is 0.997. The Bertz CT molecular complexity index is 1080. The molecule has 0 amide bonds. The van der Waals surface area contributed by atoms with Crippen molar-refractivity contribution in [2.75, 3.05) is 11.9 Å². The summed E-state index contributed by atoms with van der Waals surface area (Å²) < 4.78 is 0. The lowest BCUT2D eigenvalue weighted by Crippen LogP contribution is -2.12. The van der Waals surface area contributed by atoms with E-state index in [4.69, 9.17) is 4.98 Å². The predicted molar refractivity (Wildman–Crippen MR) is 119 cm³/mol. The van der Waals surface area contributed by atoms with Crippen LogP contribution in [0.1, 0.15) is 24.0 Å². The number of benzene rings is 2. The molecule has 1 atom stereocenters. The van der Waals surface area contributed by atoms with E-state index in [2.05, 4.69) is 77.7 Å². The van der Waals surface area contributed by atoms with Crippen molar-refractivity contribution in [3.05, 3.63) is 96.4 Å². The number of aryl methyl sites for hydroxylation is 1. The maximum absolute atomic E-state index is 4.86. The van der Waals surface area contributed by atoms with Crippen LogP contribution < -0.4 is 5.32 Å². The highest BCUT2D eigenvalue weighted by Gasteiger charge is 2.13. The van der Waals surface area contributed by atoms with Gasteiger partial charge in [-0.15, -0.1) is 0 Å². The van der Waals surface area contributed by atoms with Crippen molar-refractivity contribution < 1.29 is 0 Å². The Labute approximate surface area is 171 Å². The SMILES string of the molecule is Cc1cccc(-c2cnc(NCC(C)c3ccccc3)nc2-c2ccncc2)c1. The zero-order valence-corrected chi connectivity index (χ0v) is 16.7. The summed E-state index contributed by atoms with van der Waals surface area (Å²) in [5.41, 5.74) is 6.57. The Hall–Kier alpha value is -3.53. The maximum atomic E-state index is 4.86. The summed E-state index contributed by atoms with van der Waals surface area (Å²) in [6.07, 6.45) is 5.50. The Morgan fingerprint density at radius 2 is 1.69 bits per heavy atom. The van der Waals surface area contributed by atoms with Crippen molar-refractivity contribution in [1.29, 1.82) is 0 Å². The standard InChI is InChI=1S/C25H24N4/c1-18-7-6-10-22(15-18)23-17-28-25(29-24(23)21-11-13-26-14-12-21)27-16-19(2)20-8-4-3-5-9-20/h3-15,17,19H,16H2,1-2H3,(H,27,28,29).